The third-order valence-corrected chi connectivity index (χ3v) is 3.16. The van der Waals surface area contributed by atoms with Gasteiger partial charge >= 0.3 is 5.97 Å². The van der Waals surface area contributed by atoms with E-state index >= 15 is 0 Å². The van der Waals surface area contributed by atoms with E-state index in [9.17, 15) is 14.0 Å². The Bertz CT molecular complexity index is 336. The third-order valence-electron chi connectivity index (χ3n) is 3.16. The lowest BCUT2D eigenvalue weighted by molar-refractivity contribution is -0.151. The van der Waals surface area contributed by atoms with E-state index in [1.807, 2.05) is 0 Å². The number of hydrogen-bond acceptors (Lipinski definition) is 3. The first-order valence-corrected chi connectivity index (χ1v) is 3.99. The summed E-state index contributed by atoms with van der Waals surface area (Å²) in [7, 11) is 1.12. The van der Waals surface area contributed by atoms with Gasteiger partial charge in [-0.2, -0.15) is 0 Å². The summed E-state index contributed by atoms with van der Waals surface area (Å²) in [5, 5.41) is 0. The number of methoxy groups -OCH3 is 1. The van der Waals surface area contributed by atoms with Crippen LogP contribution >= 0.6 is 0 Å². The van der Waals surface area contributed by atoms with Gasteiger partial charge in [-0.1, -0.05) is 6.08 Å². The van der Waals surface area contributed by atoms with Gasteiger partial charge < -0.3 is 4.74 Å². The number of rotatable bonds is 1. The molecular weight excluding hydrogens is 175 g/mol. The van der Waals surface area contributed by atoms with E-state index in [1.54, 1.807) is 0 Å². The molecule has 0 bridgehead atoms. The summed E-state index contributed by atoms with van der Waals surface area (Å²) in [6.45, 7) is 1.46. The topological polar surface area (TPSA) is 43.4 Å². The summed E-state index contributed by atoms with van der Waals surface area (Å²) >= 11 is 0. The number of ketones is 1. The van der Waals surface area contributed by atoms with E-state index in [0.717, 1.165) is 7.11 Å². The van der Waals surface area contributed by atoms with Crippen LogP contribution in [-0.2, 0) is 14.3 Å². The van der Waals surface area contributed by atoms with Gasteiger partial charge in [0.05, 0.1) is 12.5 Å². The first-order valence-electron chi connectivity index (χ1n) is 3.99. The second-order valence-electron chi connectivity index (χ2n) is 3.61. The lowest BCUT2D eigenvalue weighted by atomic mass is 10.0. The lowest BCUT2D eigenvalue weighted by Crippen LogP contribution is -2.30. The molecule has 0 amide bonds. The van der Waals surface area contributed by atoms with Crippen LogP contribution in [0.4, 0.5) is 4.39 Å². The van der Waals surface area contributed by atoms with Crippen LogP contribution in [0.3, 0.4) is 0 Å². The third kappa shape index (κ3) is 0.619. The molecule has 2 aliphatic carbocycles. The molecule has 13 heavy (non-hydrogen) atoms. The standard InChI is InChI=1S/C9H9FO3/c1-8-5(3-4-6(8)11)9(8,10)7(12)13-2/h3-5H,1-2H3/t5-,8-,9+/m0/s1. The van der Waals surface area contributed by atoms with E-state index in [-0.39, 0.29) is 5.78 Å². The zero-order chi connectivity index (χ0) is 9.85. The van der Waals surface area contributed by atoms with Crippen molar-refractivity contribution in [2.75, 3.05) is 7.11 Å². The summed E-state index contributed by atoms with van der Waals surface area (Å²) in [5.41, 5.74) is -3.31. The Morgan fingerprint density at radius 2 is 2.31 bits per heavy atom. The van der Waals surface area contributed by atoms with Gasteiger partial charge in [0.2, 0.25) is 5.67 Å². The molecule has 70 valence electrons. The number of ether oxygens (including phenoxy) is 1. The molecular formula is C9H9FO3. The minimum absolute atomic E-state index is 0.328. The largest absolute Gasteiger partial charge is 0.467 e. The highest BCUT2D eigenvalue weighted by Gasteiger charge is 2.84. The Morgan fingerprint density at radius 3 is 2.69 bits per heavy atom. The summed E-state index contributed by atoms with van der Waals surface area (Å²) in [5.74, 6) is -1.90. The molecule has 0 spiro atoms. The average molecular weight is 184 g/mol. The van der Waals surface area contributed by atoms with Crippen molar-refractivity contribution >= 4 is 11.8 Å². The molecule has 0 unspecified atom stereocenters. The van der Waals surface area contributed by atoms with Gasteiger partial charge in [0.1, 0.15) is 0 Å². The molecule has 1 saturated carbocycles. The monoisotopic (exact) mass is 184 g/mol. The molecule has 0 aromatic heterocycles. The number of allylic oxidation sites excluding steroid dienone is 2. The maximum atomic E-state index is 13.9. The average Bonchev–Trinajstić information content (AvgIpc) is 2.42. The minimum Gasteiger partial charge on any atom is -0.467 e. The van der Waals surface area contributed by atoms with Crippen LogP contribution < -0.4 is 0 Å². The van der Waals surface area contributed by atoms with Gasteiger partial charge in [0.25, 0.3) is 0 Å². The van der Waals surface area contributed by atoms with Crippen LogP contribution in [0.15, 0.2) is 12.2 Å². The molecule has 0 radical (unpaired) electrons. The molecule has 0 aromatic carbocycles. The fourth-order valence-corrected chi connectivity index (χ4v) is 2.11. The summed E-state index contributed by atoms with van der Waals surface area (Å²) in [4.78, 5) is 22.3. The molecule has 2 aliphatic rings. The van der Waals surface area contributed by atoms with Crippen LogP contribution in [-0.4, -0.2) is 24.5 Å². The Balaban J connectivity index is 2.38. The zero-order valence-corrected chi connectivity index (χ0v) is 7.33. The van der Waals surface area contributed by atoms with Crippen molar-refractivity contribution in [1.82, 2.24) is 0 Å². The van der Waals surface area contributed by atoms with Gasteiger partial charge in [-0.25, -0.2) is 9.18 Å². The molecule has 4 heteroatoms. The minimum atomic E-state index is -2.12. The fraction of sp³-hybridized carbons (Fsp3) is 0.556. The first-order chi connectivity index (χ1) is 5.99. The van der Waals surface area contributed by atoms with Crippen molar-refractivity contribution in [3.63, 3.8) is 0 Å². The van der Waals surface area contributed by atoms with Crippen molar-refractivity contribution < 1.29 is 18.7 Å². The number of esters is 1. The SMILES string of the molecule is COC(=O)[C@]1(F)[C@H]2C=CC(=O)[C@]21C. The lowest BCUT2D eigenvalue weighted by Gasteiger charge is -2.09. The van der Waals surface area contributed by atoms with Crippen molar-refractivity contribution in [3.8, 4) is 0 Å². The van der Waals surface area contributed by atoms with E-state index in [4.69, 9.17) is 0 Å². The highest BCUT2D eigenvalue weighted by atomic mass is 19.1. The second kappa shape index (κ2) is 2.00. The first kappa shape index (κ1) is 8.41. The molecule has 1 fully saturated rings. The second-order valence-corrected chi connectivity index (χ2v) is 3.61. The van der Waals surface area contributed by atoms with Gasteiger partial charge in [0.15, 0.2) is 5.78 Å². The van der Waals surface area contributed by atoms with Gasteiger partial charge in [0, 0.05) is 5.92 Å². The van der Waals surface area contributed by atoms with Crippen LogP contribution in [0.2, 0.25) is 0 Å². The maximum Gasteiger partial charge on any atom is 0.345 e. The normalized spacial score (nSPS) is 46.1. The number of carbonyl (C=O) groups excluding carboxylic acids is 2. The predicted octanol–water partition coefficient (Wildman–Crippen LogP) is 0.643. The van der Waals surface area contributed by atoms with Crippen LogP contribution in [0.5, 0.6) is 0 Å². The number of hydrogen-bond donors (Lipinski definition) is 0. The van der Waals surface area contributed by atoms with E-state index in [2.05, 4.69) is 4.74 Å². The number of fused-ring (bicyclic) bond motifs is 1. The Hall–Kier alpha value is -1.19. The quantitative estimate of drug-likeness (QED) is 0.562. The summed E-state index contributed by atoms with van der Waals surface area (Å²) in [6, 6.07) is 0. The number of halogens is 1. The molecule has 0 aliphatic heterocycles. The van der Waals surface area contributed by atoms with E-state index < -0.39 is 23.0 Å². The molecule has 0 saturated heterocycles. The number of carbonyl (C=O) groups is 2. The molecule has 3 atom stereocenters. The van der Waals surface area contributed by atoms with Gasteiger partial charge in [-0.15, -0.1) is 0 Å². The Labute approximate surface area is 74.6 Å². The zero-order valence-electron chi connectivity index (χ0n) is 7.33. The molecule has 3 nitrogen and oxygen atoms in total. The van der Waals surface area contributed by atoms with Crippen LogP contribution in [0, 0.1) is 11.3 Å². The van der Waals surface area contributed by atoms with Gasteiger partial charge in [-0.3, -0.25) is 4.79 Å². The highest BCUT2D eigenvalue weighted by Crippen LogP contribution is 2.69. The Morgan fingerprint density at radius 1 is 1.69 bits per heavy atom. The van der Waals surface area contributed by atoms with Crippen molar-refractivity contribution in [1.29, 1.82) is 0 Å². The molecule has 2 rings (SSSR count). The van der Waals surface area contributed by atoms with Gasteiger partial charge in [-0.05, 0) is 13.0 Å². The van der Waals surface area contributed by atoms with Crippen LogP contribution in [0.25, 0.3) is 0 Å². The fourth-order valence-electron chi connectivity index (χ4n) is 2.11. The summed E-state index contributed by atoms with van der Waals surface area (Å²) < 4.78 is 18.2. The Kier molecular flexibility index (Phi) is 1.29. The smallest absolute Gasteiger partial charge is 0.345 e. The van der Waals surface area contributed by atoms with Crippen molar-refractivity contribution in [3.05, 3.63) is 12.2 Å². The predicted molar refractivity (Wildman–Crippen MR) is 41.6 cm³/mol. The molecule has 0 aromatic rings. The van der Waals surface area contributed by atoms with Crippen molar-refractivity contribution in [2.45, 2.75) is 12.6 Å². The maximum absolute atomic E-state index is 13.9. The molecule has 0 heterocycles. The molecule has 0 N–H and O–H groups in total. The highest BCUT2D eigenvalue weighted by molar-refractivity contribution is 6.09. The van der Waals surface area contributed by atoms with E-state index in [0.29, 0.717) is 0 Å². The van der Waals surface area contributed by atoms with E-state index in [1.165, 1.54) is 19.1 Å². The number of alkyl halides is 1. The summed E-state index contributed by atoms with van der Waals surface area (Å²) in [6.07, 6.45) is 2.77. The van der Waals surface area contributed by atoms with Crippen LogP contribution in [0.1, 0.15) is 6.92 Å². The van der Waals surface area contributed by atoms with Crippen molar-refractivity contribution in [2.24, 2.45) is 11.3 Å².